The molecule has 0 aliphatic rings. The summed E-state index contributed by atoms with van der Waals surface area (Å²) in [6, 6.07) is 81.6. The van der Waals surface area contributed by atoms with Crippen molar-refractivity contribution < 1.29 is 56.7 Å². The van der Waals surface area contributed by atoms with E-state index in [1.807, 2.05) is 0 Å². The van der Waals surface area contributed by atoms with E-state index in [4.69, 9.17) is 0 Å². The van der Waals surface area contributed by atoms with Crippen molar-refractivity contribution >= 4 is 76.8 Å². The smallest absolute Gasteiger partial charge is 1.00 e. The number of halogens is 3. The van der Waals surface area contributed by atoms with Crippen LogP contribution < -0.4 is 79.7 Å². The van der Waals surface area contributed by atoms with Crippen molar-refractivity contribution in [3.8, 4) is 0 Å². The molecule has 0 radical (unpaired) electrons. The van der Waals surface area contributed by atoms with Gasteiger partial charge in [-0.2, -0.15) is 0 Å². The molecule has 0 aromatic heterocycles. The first kappa shape index (κ1) is 57.0. The Balaban J connectivity index is 0.000000406. The zero-order valence-corrected chi connectivity index (χ0v) is 43.1. The van der Waals surface area contributed by atoms with Crippen molar-refractivity contribution in [3.63, 3.8) is 0 Å². The topological polar surface area (TPSA) is 0 Å². The van der Waals surface area contributed by atoms with E-state index in [9.17, 15) is 0 Å². The molecule has 322 valence electrons. The van der Waals surface area contributed by atoms with E-state index in [1.165, 1.54) is 79.2 Å². The van der Waals surface area contributed by atoms with Crippen LogP contribution in [0.5, 0.6) is 0 Å². The second kappa shape index (κ2) is 35.3. The molecule has 62 heavy (non-hydrogen) atoms. The van der Waals surface area contributed by atoms with Gasteiger partial charge in [-0.3, -0.25) is 0 Å². The largest absolute Gasteiger partial charge is 3.00 e. The summed E-state index contributed by atoms with van der Waals surface area (Å²) < 4.78 is 0. The molecule has 2 unspecified atom stereocenters. The Kier molecular flexibility index (Phi) is 32.5. The van der Waals surface area contributed by atoms with Gasteiger partial charge in [0.15, 0.2) is 0 Å². The standard InChI is InChI=1S/2C15H17P.2C12H11P.3ClH.Rh/c2*1-2-7-13-8-6-11-15(12-13)16-14-9-4-3-5-10-14;2*1-3-7-11(8-4-1)13-12-9-5-2-6-10-12;;;;/h2*3-6,8-12,16H,2,7H2,1H3;2*1-10,13H;3*1H;/q;;;;;;;+3/p-3. The zero-order chi connectivity index (χ0) is 40.3. The number of hydrogen-bond acceptors (Lipinski definition) is 0. The molecular formula is C54H56Cl3P4Rh. The average molecular weight is 1040 g/mol. The monoisotopic (exact) mass is 1040 g/mol. The fourth-order valence-corrected chi connectivity index (χ4v) is 10.3. The third-order valence-corrected chi connectivity index (χ3v) is 13.7. The van der Waals surface area contributed by atoms with Crippen LogP contribution in [0, 0.1) is 0 Å². The van der Waals surface area contributed by atoms with Gasteiger partial charge in [0.25, 0.3) is 0 Å². The predicted molar refractivity (Wildman–Crippen MR) is 270 cm³/mol. The minimum atomic E-state index is 0. The van der Waals surface area contributed by atoms with Crippen LogP contribution in [-0.4, -0.2) is 0 Å². The van der Waals surface area contributed by atoms with E-state index in [-0.39, 0.29) is 56.7 Å². The van der Waals surface area contributed by atoms with Crippen molar-refractivity contribution in [2.24, 2.45) is 0 Å². The number of benzene rings is 8. The minimum Gasteiger partial charge on any atom is -1.00 e. The number of rotatable bonds is 12. The Hall–Kier alpha value is -3.03. The first-order chi connectivity index (χ1) is 28.7. The molecule has 8 aromatic rings. The van der Waals surface area contributed by atoms with Crippen LogP contribution in [0.4, 0.5) is 0 Å². The van der Waals surface area contributed by atoms with E-state index < -0.39 is 0 Å². The first-order valence-corrected chi connectivity index (χ1v) is 24.2. The Morgan fingerprint density at radius 1 is 0.258 bits per heavy atom. The van der Waals surface area contributed by atoms with Crippen LogP contribution in [0.3, 0.4) is 0 Å². The van der Waals surface area contributed by atoms with E-state index in [0.29, 0.717) is 0 Å². The molecule has 0 fully saturated rings. The van der Waals surface area contributed by atoms with Crippen molar-refractivity contribution in [2.75, 3.05) is 0 Å². The molecule has 0 nitrogen and oxygen atoms in total. The molecule has 8 heteroatoms. The fraction of sp³-hybridized carbons (Fsp3) is 0.111. The summed E-state index contributed by atoms with van der Waals surface area (Å²) in [7, 11) is 3.11. The maximum absolute atomic E-state index is 2.34. The van der Waals surface area contributed by atoms with Gasteiger partial charge >= 0.3 is 19.5 Å². The molecule has 0 spiro atoms. The van der Waals surface area contributed by atoms with Gasteiger partial charge in [0.1, 0.15) is 0 Å². The average Bonchev–Trinajstić information content (AvgIpc) is 3.27. The van der Waals surface area contributed by atoms with Gasteiger partial charge in [-0.15, -0.1) is 0 Å². The minimum absolute atomic E-state index is 0. The first-order valence-electron chi connectivity index (χ1n) is 20.2. The fourth-order valence-electron chi connectivity index (χ4n) is 5.98. The Morgan fingerprint density at radius 3 is 0.661 bits per heavy atom. The molecule has 0 saturated heterocycles. The zero-order valence-electron chi connectivity index (χ0n) is 35.2. The molecule has 0 heterocycles. The van der Waals surface area contributed by atoms with Gasteiger partial charge in [-0.05, 0) is 66.4 Å². The molecular weight excluding hydrogens is 982 g/mol. The van der Waals surface area contributed by atoms with Crippen molar-refractivity contribution in [1.82, 2.24) is 0 Å². The summed E-state index contributed by atoms with van der Waals surface area (Å²) in [6.45, 7) is 4.46. The van der Waals surface area contributed by atoms with Crippen molar-refractivity contribution in [1.29, 1.82) is 0 Å². The molecule has 2 atom stereocenters. The molecule has 0 aliphatic carbocycles. The second-order valence-corrected chi connectivity index (χ2v) is 19.2. The van der Waals surface area contributed by atoms with E-state index in [0.717, 1.165) is 34.3 Å². The molecule has 0 saturated carbocycles. The van der Waals surface area contributed by atoms with Crippen LogP contribution in [0.25, 0.3) is 0 Å². The normalized spacial score (nSPS) is 9.84. The molecule has 0 bridgehead atoms. The van der Waals surface area contributed by atoms with Gasteiger partial charge in [-0.25, -0.2) is 0 Å². The molecule has 8 rings (SSSR count). The van der Waals surface area contributed by atoms with E-state index in [2.05, 4.69) is 244 Å². The van der Waals surface area contributed by atoms with Gasteiger partial charge in [-0.1, -0.05) is 292 Å². The van der Waals surface area contributed by atoms with Gasteiger partial charge < -0.3 is 37.2 Å². The van der Waals surface area contributed by atoms with Crippen LogP contribution in [-0.2, 0) is 32.3 Å². The summed E-state index contributed by atoms with van der Waals surface area (Å²) in [5.74, 6) is 0. The second-order valence-electron chi connectivity index (χ2n) is 13.6. The quantitative estimate of drug-likeness (QED) is 0.130. The van der Waals surface area contributed by atoms with Gasteiger partial charge in [0.05, 0.1) is 0 Å². The molecule has 8 aromatic carbocycles. The summed E-state index contributed by atoms with van der Waals surface area (Å²) >= 11 is 0. The van der Waals surface area contributed by atoms with Crippen molar-refractivity contribution in [2.45, 2.75) is 39.5 Å². The molecule has 0 amide bonds. The maximum atomic E-state index is 2.34. The summed E-state index contributed by atoms with van der Waals surface area (Å²) in [5.41, 5.74) is 2.92. The maximum Gasteiger partial charge on any atom is 3.00 e. The van der Waals surface area contributed by atoms with E-state index in [1.54, 1.807) is 0 Å². The summed E-state index contributed by atoms with van der Waals surface area (Å²) in [6.07, 6.45) is 4.82. The summed E-state index contributed by atoms with van der Waals surface area (Å²) in [5, 5.41) is 11.3. The SMILES string of the molecule is CCCc1cccc(Pc2ccccc2)c1.CCCc1cccc(Pc2ccccc2)c1.[Cl-].[Cl-].[Cl-].[Rh+3].c1ccc(Pc2ccccc2)cc1.c1ccc(Pc2ccccc2)cc1. The summed E-state index contributed by atoms with van der Waals surface area (Å²) in [4.78, 5) is 0. The number of aryl methyl sites for hydroxylation is 2. The van der Waals surface area contributed by atoms with Crippen molar-refractivity contribution in [3.05, 3.63) is 242 Å². The Labute approximate surface area is 411 Å². The Morgan fingerprint density at radius 2 is 0.452 bits per heavy atom. The van der Waals surface area contributed by atoms with E-state index >= 15 is 0 Å². The van der Waals surface area contributed by atoms with Crippen LogP contribution in [0.15, 0.2) is 231 Å². The third-order valence-electron chi connectivity index (χ3n) is 8.73. The predicted octanol–water partition coefficient (Wildman–Crippen LogP) is 2.18. The van der Waals surface area contributed by atoms with Gasteiger partial charge in [0.2, 0.25) is 0 Å². The van der Waals surface area contributed by atoms with Crippen LogP contribution >= 0.6 is 34.3 Å². The Bertz CT molecular complexity index is 2020. The molecule has 0 N–H and O–H groups in total. The molecule has 0 aliphatic heterocycles. The van der Waals surface area contributed by atoms with Crippen LogP contribution in [0.2, 0.25) is 0 Å². The number of hydrogen-bond donors (Lipinski definition) is 0. The van der Waals surface area contributed by atoms with Crippen LogP contribution in [0.1, 0.15) is 37.8 Å². The third kappa shape index (κ3) is 23.6. The van der Waals surface area contributed by atoms with Gasteiger partial charge in [0, 0.05) is 0 Å².